The fourth-order valence-corrected chi connectivity index (χ4v) is 1.66. The first-order chi connectivity index (χ1) is 7.99. The molecular weight excluding hydrogens is 311 g/mol. The highest BCUT2D eigenvalue weighted by molar-refractivity contribution is 9.10. The van der Waals surface area contributed by atoms with Crippen molar-refractivity contribution in [2.24, 2.45) is 0 Å². The molecule has 0 aromatic heterocycles. The van der Waals surface area contributed by atoms with E-state index in [4.69, 9.17) is 16.3 Å². The Morgan fingerprint density at radius 2 is 2.12 bits per heavy atom. The van der Waals surface area contributed by atoms with Gasteiger partial charge in [-0.05, 0) is 18.2 Å². The Balaban J connectivity index is 2.44. The summed E-state index contributed by atoms with van der Waals surface area (Å²) >= 11 is 9.13. The molecule has 1 aromatic rings. The van der Waals surface area contributed by atoms with Gasteiger partial charge in [0.1, 0.15) is 5.75 Å². The molecule has 0 unspecified atom stereocenters. The summed E-state index contributed by atoms with van der Waals surface area (Å²) in [6.45, 7) is 1.05. The molecule has 0 fully saturated rings. The van der Waals surface area contributed by atoms with Crippen LogP contribution in [0.5, 0.6) is 5.75 Å². The molecule has 0 aliphatic carbocycles. The van der Waals surface area contributed by atoms with Crippen molar-refractivity contribution >= 4 is 39.3 Å². The molecule has 0 saturated heterocycles. The summed E-state index contributed by atoms with van der Waals surface area (Å²) in [4.78, 5) is 21.7. The van der Waals surface area contributed by atoms with Crippen molar-refractivity contribution in [2.45, 2.75) is 6.92 Å². The standard InChI is InChI=1S/C10H10BrClN2O3/c1-6(15)13-14-10(16)5-17-9-3-2-7(11)4-8(9)12/h2-4H,5H2,1H3,(H,13,15)(H,14,16). The van der Waals surface area contributed by atoms with Crippen LogP contribution in [0.2, 0.25) is 5.02 Å². The van der Waals surface area contributed by atoms with Crippen LogP contribution in [0.25, 0.3) is 0 Å². The Kier molecular flexibility index (Phi) is 5.24. The van der Waals surface area contributed by atoms with E-state index in [1.165, 1.54) is 6.92 Å². The molecule has 1 rings (SSSR count). The van der Waals surface area contributed by atoms with Gasteiger partial charge in [0.25, 0.3) is 5.91 Å². The van der Waals surface area contributed by atoms with Crippen LogP contribution in [-0.4, -0.2) is 18.4 Å². The smallest absolute Gasteiger partial charge is 0.276 e. The highest BCUT2D eigenvalue weighted by Crippen LogP contribution is 2.27. The number of carbonyl (C=O) groups excluding carboxylic acids is 2. The predicted molar refractivity (Wildman–Crippen MR) is 66.6 cm³/mol. The zero-order chi connectivity index (χ0) is 12.8. The Labute approximate surface area is 112 Å². The molecule has 92 valence electrons. The molecule has 0 aliphatic heterocycles. The molecule has 2 N–H and O–H groups in total. The highest BCUT2D eigenvalue weighted by atomic mass is 79.9. The third kappa shape index (κ3) is 5.06. The van der Waals surface area contributed by atoms with Gasteiger partial charge in [-0.1, -0.05) is 27.5 Å². The normalized spacial score (nSPS) is 9.59. The van der Waals surface area contributed by atoms with Gasteiger partial charge >= 0.3 is 0 Å². The molecule has 0 saturated carbocycles. The van der Waals surface area contributed by atoms with Gasteiger partial charge in [-0.2, -0.15) is 0 Å². The van der Waals surface area contributed by atoms with E-state index >= 15 is 0 Å². The quantitative estimate of drug-likeness (QED) is 0.832. The van der Waals surface area contributed by atoms with Gasteiger partial charge in [0.05, 0.1) is 5.02 Å². The van der Waals surface area contributed by atoms with Crippen molar-refractivity contribution in [2.75, 3.05) is 6.61 Å². The monoisotopic (exact) mass is 320 g/mol. The fourth-order valence-electron chi connectivity index (χ4n) is 0.929. The maximum Gasteiger partial charge on any atom is 0.276 e. The number of rotatable bonds is 3. The van der Waals surface area contributed by atoms with Crippen molar-refractivity contribution in [1.82, 2.24) is 10.9 Å². The zero-order valence-corrected chi connectivity index (χ0v) is 11.3. The Hall–Kier alpha value is -1.27. The summed E-state index contributed by atoms with van der Waals surface area (Å²) in [7, 11) is 0. The van der Waals surface area contributed by atoms with E-state index in [1.54, 1.807) is 18.2 Å². The third-order valence-electron chi connectivity index (χ3n) is 1.63. The largest absolute Gasteiger partial charge is 0.482 e. The van der Waals surface area contributed by atoms with Gasteiger partial charge < -0.3 is 4.74 Å². The van der Waals surface area contributed by atoms with Gasteiger partial charge in [0.2, 0.25) is 5.91 Å². The topological polar surface area (TPSA) is 67.4 Å². The molecule has 0 atom stereocenters. The van der Waals surface area contributed by atoms with E-state index in [2.05, 4.69) is 26.8 Å². The second-order valence-corrected chi connectivity index (χ2v) is 4.42. The van der Waals surface area contributed by atoms with Crippen LogP contribution in [0.4, 0.5) is 0 Å². The van der Waals surface area contributed by atoms with Crippen LogP contribution in [0.1, 0.15) is 6.92 Å². The average molecular weight is 322 g/mol. The maximum absolute atomic E-state index is 11.2. The van der Waals surface area contributed by atoms with E-state index in [0.29, 0.717) is 10.8 Å². The maximum atomic E-state index is 11.2. The number of nitrogens with one attached hydrogen (secondary N) is 2. The van der Waals surface area contributed by atoms with Gasteiger partial charge in [0, 0.05) is 11.4 Å². The second kappa shape index (κ2) is 6.46. The minimum Gasteiger partial charge on any atom is -0.482 e. The van der Waals surface area contributed by atoms with E-state index < -0.39 is 5.91 Å². The minimum atomic E-state index is -0.473. The third-order valence-corrected chi connectivity index (χ3v) is 2.42. The molecule has 2 amide bonds. The van der Waals surface area contributed by atoms with Crippen molar-refractivity contribution in [1.29, 1.82) is 0 Å². The van der Waals surface area contributed by atoms with E-state index in [1.807, 2.05) is 0 Å². The lowest BCUT2D eigenvalue weighted by atomic mass is 10.3. The first-order valence-electron chi connectivity index (χ1n) is 4.62. The Bertz CT molecular complexity index is 440. The van der Waals surface area contributed by atoms with Gasteiger partial charge in [0.15, 0.2) is 6.61 Å². The minimum absolute atomic E-state index is 0.234. The lowest BCUT2D eigenvalue weighted by Gasteiger charge is -2.08. The number of benzene rings is 1. The summed E-state index contributed by atoms with van der Waals surface area (Å²) in [5, 5.41) is 0.395. The number of carbonyl (C=O) groups is 2. The molecule has 0 spiro atoms. The number of hydrogen-bond donors (Lipinski definition) is 2. The first kappa shape index (κ1) is 13.8. The summed E-state index contributed by atoms with van der Waals surface area (Å²) < 4.78 is 5.99. The fraction of sp³-hybridized carbons (Fsp3) is 0.200. The Morgan fingerprint density at radius 1 is 1.41 bits per heavy atom. The highest BCUT2D eigenvalue weighted by Gasteiger charge is 2.06. The van der Waals surface area contributed by atoms with Gasteiger partial charge in [-0.25, -0.2) is 0 Å². The van der Waals surface area contributed by atoms with Gasteiger partial charge in [-0.15, -0.1) is 0 Å². The Morgan fingerprint density at radius 3 is 2.71 bits per heavy atom. The van der Waals surface area contributed by atoms with E-state index in [9.17, 15) is 9.59 Å². The van der Waals surface area contributed by atoms with Crippen molar-refractivity contribution < 1.29 is 14.3 Å². The second-order valence-electron chi connectivity index (χ2n) is 3.09. The number of ether oxygens (including phenoxy) is 1. The number of amides is 2. The molecule has 7 heteroatoms. The molecule has 0 heterocycles. The molecule has 5 nitrogen and oxygen atoms in total. The van der Waals surface area contributed by atoms with Gasteiger partial charge in [-0.3, -0.25) is 20.4 Å². The molecule has 1 aromatic carbocycles. The summed E-state index contributed by atoms with van der Waals surface area (Å²) in [6.07, 6.45) is 0. The summed E-state index contributed by atoms with van der Waals surface area (Å²) in [6, 6.07) is 5.04. The van der Waals surface area contributed by atoms with E-state index in [0.717, 1.165) is 4.47 Å². The zero-order valence-electron chi connectivity index (χ0n) is 8.92. The number of hydrazine groups is 1. The van der Waals surface area contributed by atoms with E-state index in [-0.39, 0.29) is 12.5 Å². The first-order valence-corrected chi connectivity index (χ1v) is 5.79. The molecule has 0 bridgehead atoms. The van der Waals surface area contributed by atoms with Crippen LogP contribution >= 0.6 is 27.5 Å². The van der Waals surface area contributed by atoms with Crippen LogP contribution in [0, 0.1) is 0 Å². The number of hydrogen-bond acceptors (Lipinski definition) is 3. The molecule has 17 heavy (non-hydrogen) atoms. The van der Waals surface area contributed by atoms with Crippen LogP contribution in [0.3, 0.4) is 0 Å². The average Bonchev–Trinajstić information content (AvgIpc) is 2.25. The van der Waals surface area contributed by atoms with Crippen molar-refractivity contribution in [3.05, 3.63) is 27.7 Å². The molecular formula is C10H10BrClN2O3. The summed E-state index contributed by atoms with van der Waals surface area (Å²) in [5.74, 6) is -0.438. The van der Waals surface area contributed by atoms with Crippen molar-refractivity contribution in [3.8, 4) is 5.75 Å². The summed E-state index contributed by atoms with van der Waals surface area (Å²) in [5.41, 5.74) is 4.31. The van der Waals surface area contributed by atoms with Crippen LogP contribution < -0.4 is 15.6 Å². The number of halogens is 2. The lowest BCUT2D eigenvalue weighted by Crippen LogP contribution is -2.42. The SMILES string of the molecule is CC(=O)NNC(=O)COc1ccc(Br)cc1Cl. The predicted octanol–water partition coefficient (Wildman–Crippen LogP) is 1.65. The van der Waals surface area contributed by atoms with Crippen LogP contribution in [-0.2, 0) is 9.59 Å². The van der Waals surface area contributed by atoms with Crippen molar-refractivity contribution in [3.63, 3.8) is 0 Å². The molecule has 0 radical (unpaired) electrons. The molecule has 0 aliphatic rings. The lowest BCUT2D eigenvalue weighted by molar-refractivity contribution is -0.129. The van der Waals surface area contributed by atoms with Crippen LogP contribution in [0.15, 0.2) is 22.7 Å².